The summed E-state index contributed by atoms with van der Waals surface area (Å²) >= 11 is 5.89. The Morgan fingerprint density at radius 2 is 1.80 bits per heavy atom. The topological polar surface area (TPSA) is 73.9 Å². The maximum absolute atomic E-state index is 12.5. The van der Waals surface area contributed by atoms with Gasteiger partial charge >= 0.3 is 5.97 Å². The predicted molar refractivity (Wildman–Crippen MR) is 114 cm³/mol. The van der Waals surface area contributed by atoms with Crippen molar-refractivity contribution in [3.63, 3.8) is 0 Å². The monoisotopic (exact) mass is 431 g/mol. The molecule has 160 valence electrons. The van der Waals surface area contributed by atoms with E-state index in [1.807, 2.05) is 12.1 Å². The van der Waals surface area contributed by atoms with Crippen LogP contribution in [0.4, 0.5) is 0 Å². The summed E-state index contributed by atoms with van der Waals surface area (Å²) in [4.78, 5) is 24.7. The first-order chi connectivity index (χ1) is 14.5. The average molecular weight is 432 g/mol. The van der Waals surface area contributed by atoms with Gasteiger partial charge in [-0.05, 0) is 55.7 Å². The molecule has 1 atom stereocenters. The first-order valence-corrected chi connectivity index (χ1v) is 10.4. The zero-order chi connectivity index (χ0) is 21.5. The van der Waals surface area contributed by atoms with Crippen molar-refractivity contribution in [2.45, 2.75) is 51.4 Å². The first-order valence-electron chi connectivity index (χ1n) is 10.0. The Bertz CT molecular complexity index is 878. The minimum absolute atomic E-state index is 0.177. The van der Waals surface area contributed by atoms with E-state index in [9.17, 15) is 9.59 Å². The van der Waals surface area contributed by atoms with E-state index in [4.69, 9.17) is 25.8 Å². The molecule has 6 nitrogen and oxygen atoms in total. The molecule has 30 heavy (non-hydrogen) atoms. The van der Waals surface area contributed by atoms with E-state index in [2.05, 4.69) is 5.32 Å². The molecule has 0 saturated heterocycles. The molecular weight excluding hydrogens is 406 g/mol. The highest BCUT2D eigenvalue weighted by Gasteiger charge is 2.24. The van der Waals surface area contributed by atoms with Gasteiger partial charge in [0.25, 0.3) is 5.91 Å². The van der Waals surface area contributed by atoms with E-state index in [-0.39, 0.29) is 17.5 Å². The van der Waals surface area contributed by atoms with Gasteiger partial charge < -0.3 is 19.5 Å². The summed E-state index contributed by atoms with van der Waals surface area (Å²) in [6.07, 6.45) is 3.31. The van der Waals surface area contributed by atoms with Crippen LogP contribution in [-0.4, -0.2) is 31.1 Å². The molecule has 1 fully saturated rings. The number of carbonyl (C=O) groups excluding carboxylic acids is 2. The van der Waals surface area contributed by atoms with Crippen LogP contribution in [0.15, 0.2) is 42.5 Å². The maximum Gasteiger partial charge on any atom is 0.339 e. The van der Waals surface area contributed by atoms with E-state index < -0.39 is 12.1 Å². The Hall–Kier alpha value is -2.73. The second kappa shape index (κ2) is 10.3. The molecule has 1 N–H and O–H groups in total. The fraction of sp³-hybridized carbons (Fsp3) is 0.391. The molecule has 1 saturated carbocycles. The fourth-order valence-electron chi connectivity index (χ4n) is 3.33. The standard InChI is InChI=1S/C23H26ClNO5/c1-15(22(26)25-19-5-3-4-6-19)30-23(27)17-9-12-20(21(13-17)28-2)29-14-16-7-10-18(24)11-8-16/h7-13,15,19H,3-6,14H2,1-2H3,(H,25,26). The van der Waals surface area contributed by atoms with E-state index in [1.165, 1.54) is 7.11 Å². The van der Waals surface area contributed by atoms with Crippen LogP contribution in [-0.2, 0) is 16.1 Å². The summed E-state index contributed by atoms with van der Waals surface area (Å²) in [5.41, 5.74) is 1.23. The lowest BCUT2D eigenvalue weighted by atomic mass is 10.2. The SMILES string of the molecule is COc1cc(C(=O)OC(C)C(=O)NC2CCCC2)ccc1OCc1ccc(Cl)cc1. The summed E-state index contributed by atoms with van der Waals surface area (Å²) in [5.74, 6) is 0.0363. The number of amides is 1. The number of esters is 1. The average Bonchev–Trinajstić information content (AvgIpc) is 3.26. The molecule has 0 radical (unpaired) electrons. The van der Waals surface area contributed by atoms with Gasteiger partial charge in [0.1, 0.15) is 6.61 Å². The number of carbonyl (C=O) groups is 2. The predicted octanol–water partition coefficient (Wildman–Crippen LogP) is 4.53. The van der Waals surface area contributed by atoms with Crippen molar-refractivity contribution in [2.75, 3.05) is 7.11 Å². The van der Waals surface area contributed by atoms with Crippen LogP contribution < -0.4 is 14.8 Å². The number of ether oxygens (including phenoxy) is 3. The molecule has 2 aromatic carbocycles. The van der Waals surface area contributed by atoms with Crippen LogP contribution in [0.5, 0.6) is 11.5 Å². The van der Waals surface area contributed by atoms with Crippen LogP contribution in [0.2, 0.25) is 5.02 Å². The van der Waals surface area contributed by atoms with Crippen LogP contribution in [0.25, 0.3) is 0 Å². The summed E-state index contributed by atoms with van der Waals surface area (Å²) in [6.45, 7) is 1.90. The molecule has 3 rings (SSSR count). The molecule has 1 unspecified atom stereocenters. The van der Waals surface area contributed by atoms with Crippen LogP contribution in [0, 0.1) is 0 Å². The highest BCUT2D eigenvalue weighted by Crippen LogP contribution is 2.29. The van der Waals surface area contributed by atoms with Gasteiger partial charge in [0.15, 0.2) is 17.6 Å². The molecule has 0 heterocycles. The number of hydrogen-bond donors (Lipinski definition) is 1. The van der Waals surface area contributed by atoms with Gasteiger partial charge in [-0.1, -0.05) is 36.6 Å². The largest absolute Gasteiger partial charge is 0.493 e. The van der Waals surface area contributed by atoms with Gasteiger partial charge in [0, 0.05) is 11.1 Å². The number of hydrogen-bond acceptors (Lipinski definition) is 5. The van der Waals surface area contributed by atoms with Gasteiger partial charge in [0.05, 0.1) is 12.7 Å². The molecule has 7 heteroatoms. The first kappa shape index (κ1) is 22.0. The smallest absolute Gasteiger partial charge is 0.339 e. The third kappa shape index (κ3) is 5.89. The van der Waals surface area contributed by atoms with Crippen LogP contribution >= 0.6 is 11.6 Å². The molecular formula is C23H26ClNO5. The van der Waals surface area contributed by atoms with E-state index in [1.54, 1.807) is 37.3 Å². The van der Waals surface area contributed by atoms with Gasteiger partial charge in [-0.25, -0.2) is 4.79 Å². The number of rotatable bonds is 8. The summed E-state index contributed by atoms with van der Waals surface area (Å²) < 4.78 is 16.5. The molecule has 1 aliphatic carbocycles. The summed E-state index contributed by atoms with van der Waals surface area (Å²) in [5, 5.41) is 3.59. The molecule has 2 aromatic rings. The van der Waals surface area contributed by atoms with Crippen LogP contribution in [0.1, 0.15) is 48.5 Å². The van der Waals surface area contributed by atoms with Crippen molar-refractivity contribution >= 4 is 23.5 Å². The minimum atomic E-state index is -0.870. The number of nitrogens with one attached hydrogen (secondary N) is 1. The van der Waals surface area contributed by atoms with Crippen molar-refractivity contribution in [1.82, 2.24) is 5.32 Å². The Balaban J connectivity index is 1.59. The zero-order valence-corrected chi connectivity index (χ0v) is 17.9. The Morgan fingerprint density at radius 3 is 2.47 bits per heavy atom. The summed E-state index contributed by atoms with van der Waals surface area (Å²) in [7, 11) is 1.50. The van der Waals surface area contributed by atoms with Gasteiger partial charge in [-0.3, -0.25) is 4.79 Å². The van der Waals surface area contributed by atoms with Crippen molar-refractivity contribution in [3.8, 4) is 11.5 Å². The number of benzene rings is 2. The molecule has 0 spiro atoms. The summed E-state index contributed by atoms with van der Waals surface area (Å²) in [6, 6.07) is 12.3. The molecule has 0 aromatic heterocycles. The lowest BCUT2D eigenvalue weighted by Gasteiger charge is -2.17. The van der Waals surface area contributed by atoms with Crippen molar-refractivity contribution in [2.24, 2.45) is 0 Å². The van der Waals surface area contributed by atoms with Crippen LogP contribution in [0.3, 0.4) is 0 Å². The molecule has 1 aliphatic rings. The van der Waals surface area contributed by atoms with Crippen molar-refractivity contribution in [3.05, 3.63) is 58.6 Å². The van der Waals surface area contributed by atoms with Crippen molar-refractivity contribution in [1.29, 1.82) is 0 Å². The van der Waals surface area contributed by atoms with Gasteiger partial charge in [-0.15, -0.1) is 0 Å². The third-order valence-corrected chi connectivity index (χ3v) is 5.31. The normalized spacial score (nSPS) is 14.8. The molecule has 1 amide bonds. The number of methoxy groups -OCH3 is 1. The second-order valence-corrected chi connectivity index (χ2v) is 7.75. The van der Waals surface area contributed by atoms with E-state index in [0.717, 1.165) is 31.2 Å². The second-order valence-electron chi connectivity index (χ2n) is 7.32. The maximum atomic E-state index is 12.5. The minimum Gasteiger partial charge on any atom is -0.493 e. The number of halogens is 1. The quantitative estimate of drug-likeness (QED) is 0.621. The highest BCUT2D eigenvalue weighted by molar-refractivity contribution is 6.30. The van der Waals surface area contributed by atoms with E-state index in [0.29, 0.717) is 23.1 Å². The lowest BCUT2D eigenvalue weighted by Crippen LogP contribution is -2.40. The van der Waals surface area contributed by atoms with E-state index >= 15 is 0 Å². The lowest BCUT2D eigenvalue weighted by molar-refractivity contribution is -0.129. The van der Waals surface area contributed by atoms with Crippen molar-refractivity contribution < 1.29 is 23.8 Å². The van der Waals surface area contributed by atoms with Gasteiger partial charge in [-0.2, -0.15) is 0 Å². The van der Waals surface area contributed by atoms with Gasteiger partial charge in [0.2, 0.25) is 0 Å². The third-order valence-electron chi connectivity index (χ3n) is 5.06. The molecule has 0 bridgehead atoms. The highest BCUT2D eigenvalue weighted by atomic mass is 35.5. The Morgan fingerprint density at radius 1 is 1.10 bits per heavy atom. The zero-order valence-electron chi connectivity index (χ0n) is 17.2. The fourth-order valence-corrected chi connectivity index (χ4v) is 3.45. The Kier molecular flexibility index (Phi) is 7.57. The molecule has 0 aliphatic heterocycles. The Labute approximate surface area is 181 Å².